The van der Waals surface area contributed by atoms with Crippen LogP contribution in [0.2, 0.25) is 0 Å². The Bertz CT molecular complexity index is 463. The van der Waals surface area contributed by atoms with Crippen LogP contribution in [0, 0.1) is 10.1 Å². The number of non-ortho nitro benzene ring substituents is 1. The Hall–Kier alpha value is -0.980. The lowest BCUT2D eigenvalue weighted by atomic mass is 10.1. The summed E-state index contributed by atoms with van der Waals surface area (Å²) in [5, 5.41) is 14.1. The van der Waals surface area contributed by atoms with Crippen LogP contribution in [0.1, 0.15) is 18.9 Å². The molecule has 104 valence electrons. The van der Waals surface area contributed by atoms with Gasteiger partial charge in [0, 0.05) is 42.3 Å². The maximum absolute atomic E-state index is 10.9. The fourth-order valence-electron chi connectivity index (χ4n) is 2.27. The first-order valence-corrected chi connectivity index (χ1v) is 7.28. The van der Waals surface area contributed by atoms with Crippen molar-refractivity contribution in [1.29, 1.82) is 0 Å². The van der Waals surface area contributed by atoms with Gasteiger partial charge in [0.05, 0.1) is 4.92 Å². The molecule has 6 heteroatoms. The zero-order chi connectivity index (χ0) is 13.8. The molecule has 0 bridgehead atoms. The molecule has 1 aromatic rings. The number of nitro benzene ring substituents is 1. The first-order chi connectivity index (χ1) is 9.10. The fourth-order valence-corrected chi connectivity index (χ4v) is 2.80. The van der Waals surface area contributed by atoms with Crippen LogP contribution < -0.4 is 5.32 Å². The lowest BCUT2D eigenvalue weighted by Crippen LogP contribution is -2.56. The maximum atomic E-state index is 10.9. The second kappa shape index (κ2) is 6.45. The quantitative estimate of drug-likeness (QED) is 0.644. The number of benzene rings is 1. The summed E-state index contributed by atoms with van der Waals surface area (Å²) < 4.78 is 0.764. The van der Waals surface area contributed by atoms with Crippen molar-refractivity contribution in [1.82, 2.24) is 10.2 Å². The van der Waals surface area contributed by atoms with E-state index >= 15 is 0 Å². The van der Waals surface area contributed by atoms with Crippen molar-refractivity contribution < 1.29 is 4.92 Å². The molecule has 0 amide bonds. The number of hydrogen-bond donors (Lipinski definition) is 1. The molecule has 0 aliphatic carbocycles. The minimum absolute atomic E-state index is 0.146. The van der Waals surface area contributed by atoms with Crippen LogP contribution in [0.15, 0.2) is 22.7 Å². The normalized spacial score (nSPS) is 15.5. The molecule has 1 saturated heterocycles. The lowest BCUT2D eigenvalue weighted by molar-refractivity contribution is -0.385. The van der Waals surface area contributed by atoms with E-state index in [2.05, 4.69) is 33.1 Å². The number of nitrogens with one attached hydrogen (secondary N) is 1. The molecule has 1 fully saturated rings. The monoisotopic (exact) mass is 327 g/mol. The Balaban J connectivity index is 2.13. The fraction of sp³-hybridized carbons (Fsp3) is 0.538. The third kappa shape index (κ3) is 3.75. The van der Waals surface area contributed by atoms with E-state index in [1.54, 1.807) is 12.1 Å². The summed E-state index contributed by atoms with van der Waals surface area (Å²) >= 11 is 3.34. The van der Waals surface area contributed by atoms with Crippen LogP contribution in [-0.4, -0.2) is 35.5 Å². The van der Waals surface area contributed by atoms with Gasteiger partial charge in [0.1, 0.15) is 0 Å². The van der Waals surface area contributed by atoms with E-state index < -0.39 is 0 Å². The topological polar surface area (TPSA) is 58.4 Å². The van der Waals surface area contributed by atoms with Gasteiger partial charge in [-0.1, -0.05) is 22.9 Å². The highest BCUT2D eigenvalue weighted by Gasteiger charge is 2.24. The van der Waals surface area contributed by atoms with Crippen LogP contribution >= 0.6 is 15.9 Å². The van der Waals surface area contributed by atoms with E-state index in [1.165, 1.54) is 0 Å². The average molecular weight is 328 g/mol. The van der Waals surface area contributed by atoms with E-state index in [9.17, 15) is 10.1 Å². The Kier molecular flexibility index (Phi) is 4.90. The van der Waals surface area contributed by atoms with Gasteiger partial charge >= 0.3 is 0 Å². The number of hydrogen-bond acceptors (Lipinski definition) is 4. The molecule has 5 nitrogen and oxygen atoms in total. The van der Waals surface area contributed by atoms with Gasteiger partial charge in [-0.2, -0.15) is 0 Å². The lowest BCUT2D eigenvalue weighted by Gasteiger charge is -2.38. The molecule has 0 spiro atoms. The van der Waals surface area contributed by atoms with Crippen molar-refractivity contribution in [2.75, 3.05) is 19.6 Å². The number of nitrogens with zero attached hydrogens (tertiary/aromatic N) is 2. The molecule has 1 N–H and O–H groups in total. The molecule has 1 aliphatic heterocycles. The van der Waals surface area contributed by atoms with Crippen LogP contribution in [0.3, 0.4) is 0 Å². The standard InChI is InChI=1S/C13H18BrN3O2/c1-2-3-16(13-7-15-8-13)9-10-4-11(14)6-12(5-10)17(18)19/h4-6,13,15H,2-3,7-9H2,1H3. The molecule has 0 aromatic heterocycles. The predicted octanol–water partition coefficient (Wildman–Crippen LogP) is 2.54. The van der Waals surface area contributed by atoms with Gasteiger partial charge in [-0.25, -0.2) is 0 Å². The summed E-state index contributed by atoms with van der Waals surface area (Å²) in [6.45, 7) is 5.96. The van der Waals surface area contributed by atoms with Crippen molar-refractivity contribution >= 4 is 21.6 Å². The number of rotatable bonds is 6. The van der Waals surface area contributed by atoms with E-state index in [-0.39, 0.29) is 10.6 Å². The van der Waals surface area contributed by atoms with Crippen LogP contribution in [0.25, 0.3) is 0 Å². The van der Waals surface area contributed by atoms with Crippen LogP contribution in [0.5, 0.6) is 0 Å². The SMILES string of the molecule is CCCN(Cc1cc(Br)cc([N+](=O)[O-])c1)C1CNC1. The Morgan fingerprint density at radius 3 is 2.74 bits per heavy atom. The Morgan fingerprint density at radius 1 is 1.47 bits per heavy atom. The zero-order valence-electron chi connectivity index (χ0n) is 10.9. The molecule has 1 aliphatic rings. The molecule has 0 radical (unpaired) electrons. The first-order valence-electron chi connectivity index (χ1n) is 6.48. The highest BCUT2D eigenvalue weighted by Crippen LogP contribution is 2.23. The second-order valence-corrected chi connectivity index (χ2v) is 5.77. The van der Waals surface area contributed by atoms with E-state index in [0.717, 1.165) is 42.6 Å². The van der Waals surface area contributed by atoms with Crippen LogP contribution in [0.4, 0.5) is 5.69 Å². The summed E-state index contributed by atoms with van der Waals surface area (Å²) in [5.41, 5.74) is 1.13. The largest absolute Gasteiger partial charge is 0.314 e. The van der Waals surface area contributed by atoms with Gasteiger partial charge < -0.3 is 5.32 Å². The van der Waals surface area contributed by atoms with Gasteiger partial charge in [0.2, 0.25) is 0 Å². The minimum Gasteiger partial charge on any atom is -0.314 e. The molecular weight excluding hydrogens is 310 g/mol. The summed E-state index contributed by atoms with van der Waals surface area (Å²) in [6.07, 6.45) is 1.09. The Morgan fingerprint density at radius 2 is 2.21 bits per heavy atom. The first kappa shape index (κ1) is 14.4. The highest BCUT2D eigenvalue weighted by atomic mass is 79.9. The summed E-state index contributed by atoms with van der Waals surface area (Å²) in [7, 11) is 0. The molecular formula is C13H18BrN3O2. The van der Waals surface area contributed by atoms with Crippen LogP contribution in [-0.2, 0) is 6.54 Å². The number of nitro groups is 1. The van der Waals surface area contributed by atoms with Gasteiger partial charge in [-0.15, -0.1) is 0 Å². The van der Waals surface area contributed by atoms with E-state index in [1.807, 2.05) is 6.07 Å². The van der Waals surface area contributed by atoms with Gasteiger partial charge in [-0.05, 0) is 24.6 Å². The van der Waals surface area contributed by atoms with E-state index in [0.29, 0.717) is 6.04 Å². The Labute approximate surface area is 121 Å². The molecule has 19 heavy (non-hydrogen) atoms. The molecule has 0 unspecified atom stereocenters. The molecule has 2 rings (SSSR count). The van der Waals surface area contributed by atoms with Crippen molar-refractivity contribution in [3.8, 4) is 0 Å². The third-order valence-corrected chi connectivity index (χ3v) is 3.78. The van der Waals surface area contributed by atoms with Crippen molar-refractivity contribution in [3.63, 3.8) is 0 Å². The van der Waals surface area contributed by atoms with E-state index in [4.69, 9.17) is 0 Å². The molecule has 1 aromatic carbocycles. The molecule has 0 saturated carbocycles. The maximum Gasteiger partial charge on any atom is 0.270 e. The van der Waals surface area contributed by atoms with Gasteiger partial charge in [0.25, 0.3) is 5.69 Å². The smallest absolute Gasteiger partial charge is 0.270 e. The summed E-state index contributed by atoms with van der Waals surface area (Å²) in [4.78, 5) is 12.9. The summed E-state index contributed by atoms with van der Waals surface area (Å²) in [5.74, 6) is 0. The average Bonchev–Trinajstić information content (AvgIpc) is 2.26. The predicted molar refractivity (Wildman–Crippen MR) is 78.2 cm³/mol. The van der Waals surface area contributed by atoms with Crippen molar-refractivity contribution in [3.05, 3.63) is 38.3 Å². The third-order valence-electron chi connectivity index (χ3n) is 3.33. The second-order valence-electron chi connectivity index (χ2n) is 4.86. The highest BCUT2D eigenvalue weighted by molar-refractivity contribution is 9.10. The van der Waals surface area contributed by atoms with Crippen molar-refractivity contribution in [2.45, 2.75) is 25.9 Å². The summed E-state index contributed by atoms with van der Waals surface area (Å²) in [6, 6.07) is 5.72. The van der Waals surface area contributed by atoms with Crippen molar-refractivity contribution in [2.24, 2.45) is 0 Å². The van der Waals surface area contributed by atoms with Gasteiger partial charge in [0.15, 0.2) is 0 Å². The van der Waals surface area contributed by atoms with Gasteiger partial charge in [-0.3, -0.25) is 15.0 Å². The molecule has 0 atom stereocenters. The minimum atomic E-state index is -0.344. The zero-order valence-corrected chi connectivity index (χ0v) is 12.5. The number of halogens is 1. The molecule has 1 heterocycles.